The van der Waals surface area contributed by atoms with Crippen molar-refractivity contribution in [3.8, 4) is 6.07 Å². The number of morpholine rings is 1. The van der Waals surface area contributed by atoms with Gasteiger partial charge in [-0.25, -0.2) is 0 Å². The van der Waals surface area contributed by atoms with Crippen LogP contribution < -0.4 is 10.2 Å². The molecule has 0 radical (unpaired) electrons. The second-order valence-electron chi connectivity index (χ2n) is 5.17. The Hall–Kier alpha value is -2.96. The van der Waals surface area contributed by atoms with Crippen molar-refractivity contribution >= 4 is 34.6 Å². The molecule has 25 heavy (non-hydrogen) atoms. The number of hydrogen-bond donors (Lipinski definition) is 1. The molecule has 0 saturated carbocycles. The van der Waals surface area contributed by atoms with Crippen molar-refractivity contribution in [2.45, 2.75) is 0 Å². The second-order valence-corrected chi connectivity index (χ2v) is 5.60. The Labute approximate surface area is 148 Å². The molecule has 1 N–H and O–H groups in total. The number of benzene rings is 1. The maximum Gasteiger partial charge on any atom is 0.353 e. The van der Waals surface area contributed by atoms with Crippen LogP contribution in [0.25, 0.3) is 0 Å². The minimum atomic E-state index is -0.551. The average molecular weight is 361 g/mol. The van der Waals surface area contributed by atoms with Gasteiger partial charge in [-0.15, -0.1) is 0 Å². The number of hydrogen-bond acceptors (Lipinski definition) is 8. The summed E-state index contributed by atoms with van der Waals surface area (Å²) in [6.45, 7) is 1.76. The van der Waals surface area contributed by atoms with Gasteiger partial charge in [0, 0.05) is 23.8 Å². The SMILES string of the molecule is N#Cc1nc(Nc2ccc(Cl)cc2)c([N+](=O)[O-])c(N2CCOCC2)n1. The Morgan fingerprint density at radius 2 is 1.96 bits per heavy atom. The first-order valence-electron chi connectivity index (χ1n) is 7.40. The number of aromatic nitrogens is 2. The lowest BCUT2D eigenvalue weighted by Gasteiger charge is -2.27. The van der Waals surface area contributed by atoms with E-state index < -0.39 is 4.92 Å². The van der Waals surface area contributed by atoms with Crippen LogP contribution in [0.3, 0.4) is 0 Å². The molecule has 9 nitrogen and oxygen atoms in total. The molecule has 1 aromatic carbocycles. The van der Waals surface area contributed by atoms with Crippen LogP contribution in [0.5, 0.6) is 0 Å². The Balaban J connectivity index is 2.07. The zero-order valence-electron chi connectivity index (χ0n) is 13.0. The van der Waals surface area contributed by atoms with Gasteiger partial charge in [0.05, 0.1) is 18.1 Å². The molecular weight excluding hydrogens is 348 g/mol. The van der Waals surface area contributed by atoms with Crippen molar-refractivity contribution in [2.75, 3.05) is 36.5 Å². The molecule has 0 spiro atoms. The van der Waals surface area contributed by atoms with E-state index in [1.165, 1.54) is 0 Å². The first-order valence-corrected chi connectivity index (χ1v) is 7.78. The molecular formula is C15H13ClN6O3. The van der Waals surface area contributed by atoms with E-state index in [2.05, 4.69) is 15.3 Å². The first kappa shape index (κ1) is 16.9. The van der Waals surface area contributed by atoms with Gasteiger partial charge in [0.2, 0.25) is 17.5 Å². The lowest BCUT2D eigenvalue weighted by molar-refractivity contribution is -0.383. The van der Waals surface area contributed by atoms with Crippen LogP contribution in [-0.2, 0) is 4.74 Å². The molecule has 1 saturated heterocycles. The molecule has 0 bridgehead atoms. The van der Waals surface area contributed by atoms with Crippen molar-refractivity contribution in [2.24, 2.45) is 0 Å². The van der Waals surface area contributed by atoms with Crippen molar-refractivity contribution in [3.05, 3.63) is 45.2 Å². The van der Waals surface area contributed by atoms with Crippen LogP contribution in [0.1, 0.15) is 5.82 Å². The van der Waals surface area contributed by atoms with E-state index in [9.17, 15) is 15.4 Å². The molecule has 0 atom stereocenters. The highest BCUT2D eigenvalue weighted by Gasteiger charge is 2.29. The topological polar surface area (TPSA) is 117 Å². The van der Waals surface area contributed by atoms with E-state index in [4.69, 9.17) is 16.3 Å². The Morgan fingerprint density at radius 3 is 2.56 bits per heavy atom. The number of anilines is 3. The number of ether oxygens (including phenoxy) is 1. The molecule has 0 amide bonds. The number of rotatable bonds is 4. The Morgan fingerprint density at radius 1 is 1.28 bits per heavy atom. The van der Waals surface area contributed by atoms with Crippen LogP contribution in [0.15, 0.2) is 24.3 Å². The standard InChI is InChI=1S/C15H13ClN6O3/c16-10-1-3-11(4-2-10)18-14-13(22(23)24)15(20-12(9-17)19-14)21-5-7-25-8-6-21/h1-4H,5-8H2,(H,18,19,20). The van der Waals surface area contributed by atoms with Crippen LogP contribution in [0.4, 0.5) is 23.0 Å². The van der Waals surface area contributed by atoms with Gasteiger partial charge in [0.1, 0.15) is 6.07 Å². The lowest BCUT2D eigenvalue weighted by Crippen LogP contribution is -2.37. The largest absolute Gasteiger partial charge is 0.378 e. The summed E-state index contributed by atoms with van der Waals surface area (Å²) < 4.78 is 5.27. The Kier molecular flexibility index (Phi) is 4.92. The molecule has 1 aliphatic heterocycles. The third kappa shape index (κ3) is 3.76. The van der Waals surface area contributed by atoms with Gasteiger partial charge >= 0.3 is 5.69 Å². The molecule has 0 unspecified atom stereocenters. The zero-order chi connectivity index (χ0) is 17.8. The molecule has 2 heterocycles. The quantitative estimate of drug-likeness (QED) is 0.652. The third-order valence-electron chi connectivity index (χ3n) is 3.57. The monoisotopic (exact) mass is 360 g/mol. The molecule has 10 heteroatoms. The van der Waals surface area contributed by atoms with Crippen molar-refractivity contribution in [3.63, 3.8) is 0 Å². The van der Waals surface area contributed by atoms with Gasteiger partial charge in [0.15, 0.2) is 0 Å². The predicted molar refractivity (Wildman–Crippen MR) is 91.2 cm³/mol. The van der Waals surface area contributed by atoms with Crippen LogP contribution >= 0.6 is 11.6 Å². The number of nitrogens with one attached hydrogen (secondary N) is 1. The highest BCUT2D eigenvalue weighted by Crippen LogP contribution is 2.34. The fraction of sp³-hybridized carbons (Fsp3) is 0.267. The molecule has 1 aliphatic rings. The smallest absolute Gasteiger partial charge is 0.353 e. The molecule has 2 aromatic rings. The van der Waals surface area contributed by atoms with E-state index in [0.29, 0.717) is 37.0 Å². The van der Waals surface area contributed by atoms with E-state index in [1.807, 2.05) is 6.07 Å². The van der Waals surface area contributed by atoms with Crippen LogP contribution in [0, 0.1) is 21.4 Å². The second kappa shape index (κ2) is 7.29. The predicted octanol–water partition coefficient (Wildman–Crippen LogP) is 2.49. The summed E-state index contributed by atoms with van der Waals surface area (Å²) in [4.78, 5) is 20.8. The fourth-order valence-electron chi connectivity index (χ4n) is 2.41. The Bertz CT molecular complexity index is 830. The van der Waals surface area contributed by atoms with Crippen molar-refractivity contribution in [1.29, 1.82) is 5.26 Å². The minimum Gasteiger partial charge on any atom is -0.378 e. The third-order valence-corrected chi connectivity index (χ3v) is 3.82. The summed E-state index contributed by atoms with van der Waals surface area (Å²) in [7, 11) is 0. The van der Waals surface area contributed by atoms with E-state index in [-0.39, 0.29) is 23.1 Å². The van der Waals surface area contributed by atoms with Gasteiger partial charge < -0.3 is 15.0 Å². The summed E-state index contributed by atoms with van der Waals surface area (Å²) in [5.74, 6) is -0.0831. The highest BCUT2D eigenvalue weighted by atomic mass is 35.5. The maximum absolute atomic E-state index is 11.7. The highest BCUT2D eigenvalue weighted by molar-refractivity contribution is 6.30. The summed E-state index contributed by atoms with van der Waals surface area (Å²) in [6, 6.07) is 8.45. The van der Waals surface area contributed by atoms with Gasteiger partial charge in [0.25, 0.3) is 0 Å². The average Bonchev–Trinajstić information content (AvgIpc) is 2.63. The molecule has 1 aromatic heterocycles. The summed E-state index contributed by atoms with van der Waals surface area (Å²) in [5, 5.41) is 24.2. The fourth-order valence-corrected chi connectivity index (χ4v) is 2.54. The maximum atomic E-state index is 11.7. The zero-order valence-corrected chi connectivity index (χ0v) is 13.7. The van der Waals surface area contributed by atoms with Crippen molar-refractivity contribution in [1.82, 2.24) is 9.97 Å². The molecule has 128 valence electrons. The van der Waals surface area contributed by atoms with Crippen molar-refractivity contribution < 1.29 is 9.66 Å². The van der Waals surface area contributed by atoms with Crippen LogP contribution in [0.2, 0.25) is 5.02 Å². The summed E-state index contributed by atoms with van der Waals surface area (Å²) >= 11 is 5.85. The molecule has 3 rings (SSSR count). The number of nitrogens with zero attached hydrogens (tertiary/aromatic N) is 5. The van der Waals surface area contributed by atoms with Gasteiger partial charge in [-0.3, -0.25) is 10.1 Å². The van der Waals surface area contributed by atoms with E-state index in [1.54, 1.807) is 29.2 Å². The van der Waals surface area contributed by atoms with Crippen LogP contribution in [-0.4, -0.2) is 41.2 Å². The lowest BCUT2D eigenvalue weighted by atomic mass is 10.3. The summed E-state index contributed by atoms with van der Waals surface area (Å²) in [6.07, 6.45) is 0. The first-order chi connectivity index (χ1) is 12.1. The molecule has 0 aliphatic carbocycles. The number of nitro groups is 1. The molecule has 1 fully saturated rings. The van der Waals surface area contributed by atoms with E-state index >= 15 is 0 Å². The summed E-state index contributed by atoms with van der Waals surface area (Å²) in [5.41, 5.74) is 0.277. The van der Waals surface area contributed by atoms with Gasteiger partial charge in [-0.1, -0.05) is 11.6 Å². The van der Waals surface area contributed by atoms with Gasteiger partial charge in [-0.2, -0.15) is 15.2 Å². The van der Waals surface area contributed by atoms with E-state index in [0.717, 1.165) is 0 Å². The number of halogens is 1. The number of nitriles is 1. The minimum absolute atomic E-state index is 0.0413. The van der Waals surface area contributed by atoms with Gasteiger partial charge in [-0.05, 0) is 24.3 Å². The normalized spacial score (nSPS) is 14.0.